The summed E-state index contributed by atoms with van der Waals surface area (Å²) in [4.78, 5) is 24.2. The van der Waals surface area contributed by atoms with Crippen LogP contribution in [0.2, 0.25) is 0 Å². The Morgan fingerprint density at radius 3 is 2.35 bits per heavy atom. The van der Waals surface area contributed by atoms with Gasteiger partial charge in [0.2, 0.25) is 5.91 Å². The van der Waals surface area contributed by atoms with Crippen LogP contribution in [0, 0.1) is 11.3 Å². The first-order chi connectivity index (χ1) is 9.07. The van der Waals surface area contributed by atoms with Crippen molar-refractivity contribution in [3.8, 4) is 0 Å². The standard InChI is InChI=1S/C13H23NO5S/c1-5-19-12(16)10(13(2,3)4)11(15)14-9-6-7-20(17,18)8-9/h9-10H,5-8H2,1-4H3,(H,14,15). The van der Waals surface area contributed by atoms with Crippen molar-refractivity contribution in [3.63, 3.8) is 0 Å². The molecule has 0 aromatic carbocycles. The lowest BCUT2D eigenvalue weighted by Crippen LogP contribution is -2.47. The van der Waals surface area contributed by atoms with Gasteiger partial charge in [0.15, 0.2) is 9.84 Å². The molecule has 1 amide bonds. The predicted molar refractivity (Wildman–Crippen MR) is 74.8 cm³/mol. The molecule has 0 aromatic heterocycles. The van der Waals surface area contributed by atoms with Crippen LogP contribution < -0.4 is 5.32 Å². The predicted octanol–water partition coefficient (Wildman–Crippen LogP) is 0.515. The highest BCUT2D eigenvalue weighted by atomic mass is 32.2. The summed E-state index contributed by atoms with van der Waals surface area (Å²) in [7, 11) is -3.06. The first-order valence-electron chi connectivity index (χ1n) is 6.74. The van der Waals surface area contributed by atoms with Crippen LogP contribution in [0.3, 0.4) is 0 Å². The van der Waals surface area contributed by atoms with Crippen molar-refractivity contribution >= 4 is 21.7 Å². The lowest BCUT2D eigenvalue weighted by atomic mass is 9.80. The number of sulfone groups is 1. The van der Waals surface area contributed by atoms with E-state index in [0.717, 1.165) is 0 Å². The van der Waals surface area contributed by atoms with Gasteiger partial charge in [-0.2, -0.15) is 0 Å². The summed E-state index contributed by atoms with van der Waals surface area (Å²) in [5.74, 6) is -1.95. The molecule has 20 heavy (non-hydrogen) atoms. The Labute approximate surface area is 120 Å². The number of carbonyl (C=O) groups excluding carboxylic acids is 2. The van der Waals surface area contributed by atoms with Gasteiger partial charge in [0.05, 0.1) is 18.1 Å². The molecule has 0 spiro atoms. The number of ether oxygens (including phenoxy) is 1. The average molecular weight is 305 g/mol. The minimum atomic E-state index is -3.06. The highest BCUT2D eigenvalue weighted by molar-refractivity contribution is 7.91. The second-order valence-corrected chi connectivity index (χ2v) is 8.39. The van der Waals surface area contributed by atoms with Crippen molar-refractivity contribution in [1.82, 2.24) is 5.32 Å². The van der Waals surface area contributed by atoms with E-state index < -0.39 is 39.1 Å². The quantitative estimate of drug-likeness (QED) is 0.604. The minimum Gasteiger partial charge on any atom is -0.465 e. The Morgan fingerprint density at radius 1 is 1.35 bits per heavy atom. The summed E-state index contributed by atoms with van der Waals surface area (Å²) in [5.41, 5.74) is -0.589. The maximum Gasteiger partial charge on any atom is 0.319 e. The molecule has 0 radical (unpaired) electrons. The Balaban J connectivity index is 2.77. The highest BCUT2D eigenvalue weighted by Gasteiger charge is 2.40. The fourth-order valence-corrected chi connectivity index (χ4v) is 3.95. The summed E-state index contributed by atoms with van der Waals surface area (Å²) in [6, 6.07) is -0.410. The van der Waals surface area contributed by atoms with Crippen LogP contribution in [-0.2, 0) is 24.2 Å². The van der Waals surface area contributed by atoms with E-state index in [1.165, 1.54) is 0 Å². The summed E-state index contributed by atoms with van der Waals surface area (Å²) < 4.78 is 27.7. The van der Waals surface area contributed by atoms with E-state index in [1.807, 2.05) is 0 Å². The maximum absolute atomic E-state index is 12.3. The van der Waals surface area contributed by atoms with Crippen LogP contribution in [0.15, 0.2) is 0 Å². The Hall–Kier alpha value is -1.11. The van der Waals surface area contributed by atoms with E-state index in [1.54, 1.807) is 27.7 Å². The molecular weight excluding hydrogens is 282 g/mol. The number of rotatable bonds is 4. The molecule has 1 aliphatic rings. The SMILES string of the molecule is CCOC(=O)C(C(=O)NC1CCS(=O)(=O)C1)C(C)(C)C. The van der Waals surface area contributed by atoms with Gasteiger partial charge < -0.3 is 10.1 Å². The van der Waals surface area contributed by atoms with Crippen LogP contribution >= 0.6 is 0 Å². The van der Waals surface area contributed by atoms with Crippen molar-refractivity contribution < 1.29 is 22.7 Å². The van der Waals surface area contributed by atoms with Gasteiger partial charge in [-0.3, -0.25) is 9.59 Å². The summed E-state index contributed by atoms with van der Waals surface area (Å²) in [6.45, 7) is 7.22. The number of nitrogens with one attached hydrogen (secondary N) is 1. The molecule has 7 heteroatoms. The third kappa shape index (κ3) is 4.47. The molecule has 2 atom stereocenters. The molecule has 1 N–H and O–H groups in total. The van der Waals surface area contributed by atoms with Gasteiger partial charge in [-0.05, 0) is 18.8 Å². The fraction of sp³-hybridized carbons (Fsp3) is 0.846. The molecule has 0 bridgehead atoms. The first kappa shape index (κ1) is 16.9. The van der Waals surface area contributed by atoms with Gasteiger partial charge in [0.1, 0.15) is 5.92 Å². The van der Waals surface area contributed by atoms with Gasteiger partial charge >= 0.3 is 5.97 Å². The average Bonchev–Trinajstić information content (AvgIpc) is 2.55. The van der Waals surface area contributed by atoms with Crippen LogP contribution in [0.1, 0.15) is 34.1 Å². The van der Waals surface area contributed by atoms with Crippen molar-refractivity contribution in [3.05, 3.63) is 0 Å². The second-order valence-electron chi connectivity index (χ2n) is 6.16. The molecule has 2 unspecified atom stereocenters. The topological polar surface area (TPSA) is 89.5 Å². The smallest absolute Gasteiger partial charge is 0.319 e. The minimum absolute atomic E-state index is 0.0571. The monoisotopic (exact) mass is 305 g/mol. The van der Waals surface area contributed by atoms with Crippen molar-refractivity contribution in [2.45, 2.75) is 40.2 Å². The molecule has 1 heterocycles. The summed E-state index contributed by atoms with van der Waals surface area (Å²) in [5, 5.41) is 2.66. The van der Waals surface area contributed by atoms with Gasteiger partial charge in [-0.25, -0.2) is 8.42 Å². The summed E-state index contributed by atoms with van der Waals surface area (Å²) >= 11 is 0. The number of carbonyl (C=O) groups is 2. The molecule has 116 valence electrons. The zero-order valence-electron chi connectivity index (χ0n) is 12.4. The number of amides is 1. The van der Waals surface area contributed by atoms with Gasteiger partial charge in [-0.15, -0.1) is 0 Å². The van der Waals surface area contributed by atoms with Crippen LogP contribution in [-0.4, -0.2) is 44.4 Å². The Morgan fingerprint density at radius 2 is 1.95 bits per heavy atom. The molecule has 6 nitrogen and oxygen atoms in total. The largest absolute Gasteiger partial charge is 0.465 e. The number of hydrogen-bond donors (Lipinski definition) is 1. The third-order valence-corrected chi connectivity index (χ3v) is 5.00. The van der Waals surface area contributed by atoms with Crippen LogP contribution in [0.5, 0.6) is 0 Å². The van der Waals surface area contributed by atoms with Crippen molar-refractivity contribution in [2.75, 3.05) is 18.1 Å². The molecule has 1 aliphatic heterocycles. The van der Waals surface area contributed by atoms with Gasteiger partial charge in [0.25, 0.3) is 0 Å². The lowest BCUT2D eigenvalue weighted by molar-refractivity contribution is -0.156. The van der Waals surface area contributed by atoms with E-state index in [2.05, 4.69) is 5.32 Å². The van der Waals surface area contributed by atoms with Crippen LogP contribution in [0.25, 0.3) is 0 Å². The van der Waals surface area contributed by atoms with E-state index >= 15 is 0 Å². The fourth-order valence-electron chi connectivity index (χ4n) is 2.27. The Kier molecular flexibility index (Phi) is 5.18. The molecule has 1 rings (SSSR count). The molecule has 1 fully saturated rings. The van der Waals surface area contributed by atoms with Crippen molar-refractivity contribution in [1.29, 1.82) is 0 Å². The zero-order valence-corrected chi connectivity index (χ0v) is 13.2. The van der Waals surface area contributed by atoms with E-state index in [0.29, 0.717) is 6.42 Å². The normalized spacial score (nSPS) is 23.1. The Bertz CT molecular complexity index is 477. The van der Waals surface area contributed by atoms with Crippen molar-refractivity contribution in [2.24, 2.45) is 11.3 Å². The molecule has 0 aliphatic carbocycles. The van der Waals surface area contributed by atoms with E-state index in [9.17, 15) is 18.0 Å². The van der Waals surface area contributed by atoms with Gasteiger partial charge in [-0.1, -0.05) is 20.8 Å². The second kappa shape index (κ2) is 6.11. The first-order valence-corrected chi connectivity index (χ1v) is 8.56. The summed E-state index contributed by atoms with van der Waals surface area (Å²) in [6.07, 6.45) is 0.397. The number of hydrogen-bond acceptors (Lipinski definition) is 5. The lowest BCUT2D eigenvalue weighted by Gasteiger charge is -2.28. The van der Waals surface area contributed by atoms with Crippen LogP contribution in [0.4, 0.5) is 0 Å². The maximum atomic E-state index is 12.3. The van der Waals surface area contributed by atoms with E-state index in [4.69, 9.17) is 4.74 Å². The highest BCUT2D eigenvalue weighted by Crippen LogP contribution is 2.28. The molecular formula is C13H23NO5S. The molecule has 0 saturated carbocycles. The van der Waals surface area contributed by atoms with Gasteiger partial charge in [0, 0.05) is 6.04 Å². The third-order valence-electron chi connectivity index (χ3n) is 3.23. The number of esters is 1. The van der Waals surface area contributed by atoms with E-state index in [-0.39, 0.29) is 18.1 Å². The molecule has 1 saturated heterocycles. The zero-order chi connectivity index (χ0) is 15.6. The molecule has 0 aromatic rings.